The van der Waals surface area contributed by atoms with Crippen LogP contribution in [0.25, 0.3) is 0 Å². The molecule has 3 aromatic rings. The van der Waals surface area contributed by atoms with Gasteiger partial charge >= 0.3 is 0 Å². The zero-order chi connectivity index (χ0) is 18.4. The number of amides is 1. The maximum atomic E-state index is 12.6. The van der Waals surface area contributed by atoms with Gasteiger partial charge in [-0.05, 0) is 29.8 Å². The number of rotatable bonds is 6. The second-order valence-corrected chi connectivity index (χ2v) is 6.71. The summed E-state index contributed by atoms with van der Waals surface area (Å²) in [6.45, 7) is 4.79. The fraction of sp³-hybridized carbons (Fsp3) is 0.190. The molecule has 0 aliphatic rings. The molecule has 1 heterocycles. The molecule has 0 atom stereocenters. The van der Waals surface area contributed by atoms with Crippen molar-refractivity contribution in [1.82, 2.24) is 15.3 Å². The van der Waals surface area contributed by atoms with Gasteiger partial charge in [-0.3, -0.25) is 4.79 Å². The molecular formula is C21H22N4O. The number of aromatic nitrogens is 2. The Kier molecular flexibility index (Phi) is 5.27. The van der Waals surface area contributed by atoms with E-state index < -0.39 is 0 Å². The average Bonchev–Trinajstić information content (AvgIpc) is 2.68. The summed E-state index contributed by atoms with van der Waals surface area (Å²) in [6, 6.07) is 19.2. The highest BCUT2D eigenvalue weighted by Gasteiger charge is 2.21. The lowest BCUT2D eigenvalue weighted by molar-refractivity contribution is 0.0945. The smallest absolute Gasteiger partial charge is 0.251 e. The molecule has 0 saturated heterocycles. The van der Waals surface area contributed by atoms with Crippen LogP contribution in [0.2, 0.25) is 0 Å². The Morgan fingerprint density at radius 1 is 0.962 bits per heavy atom. The van der Waals surface area contributed by atoms with Gasteiger partial charge in [-0.1, -0.05) is 50.2 Å². The lowest BCUT2D eigenvalue weighted by Crippen LogP contribution is -2.36. The Bertz CT molecular complexity index is 863. The molecule has 0 saturated carbocycles. The van der Waals surface area contributed by atoms with Crippen molar-refractivity contribution in [2.45, 2.75) is 19.3 Å². The number of anilines is 2. The minimum absolute atomic E-state index is 0.105. The van der Waals surface area contributed by atoms with Crippen molar-refractivity contribution in [1.29, 1.82) is 0 Å². The highest BCUT2D eigenvalue weighted by molar-refractivity contribution is 5.95. The van der Waals surface area contributed by atoms with Crippen LogP contribution in [0.3, 0.4) is 0 Å². The number of hydrogen-bond donors (Lipinski definition) is 2. The predicted molar refractivity (Wildman–Crippen MR) is 104 cm³/mol. The van der Waals surface area contributed by atoms with Gasteiger partial charge in [0, 0.05) is 35.6 Å². The van der Waals surface area contributed by atoms with Crippen molar-refractivity contribution in [3.63, 3.8) is 0 Å². The van der Waals surface area contributed by atoms with E-state index in [2.05, 4.69) is 46.6 Å². The van der Waals surface area contributed by atoms with Crippen LogP contribution in [-0.4, -0.2) is 22.4 Å². The maximum Gasteiger partial charge on any atom is 0.251 e. The van der Waals surface area contributed by atoms with E-state index in [1.54, 1.807) is 30.6 Å². The van der Waals surface area contributed by atoms with Gasteiger partial charge in [-0.25, -0.2) is 9.97 Å². The SMILES string of the molecule is CC(C)(CNC(=O)c1cccc(Nc2ncccn2)c1)c1ccccc1. The van der Waals surface area contributed by atoms with Gasteiger partial charge in [0.2, 0.25) is 5.95 Å². The maximum absolute atomic E-state index is 12.6. The molecule has 5 heteroatoms. The third-order valence-electron chi connectivity index (χ3n) is 4.19. The molecule has 5 nitrogen and oxygen atoms in total. The normalized spacial score (nSPS) is 11.0. The van der Waals surface area contributed by atoms with Crippen molar-refractivity contribution in [2.24, 2.45) is 0 Å². The number of carbonyl (C=O) groups excluding carboxylic acids is 1. The van der Waals surface area contributed by atoms with E-state index in [9.17, 15) is 4.79 Å². The number of nitrogens with one attached hydrogen (secondary N) is 2. The first-order valence-corrected chi connectivity index (χ1v) is 8.52. The van der Waals surface area contributed by atoms with Crippen molar-refractivity contribution in [3.8, 4) is 0 Å². The molecule has 2 N–H and O–H groups in total. The Morgan fingerprint density at radius 3 is 2.42 bits per heavy atom. The summed E-state index contributed by atoms with van der Waals surface area (Å²) in [6.07, 6.45) is 3.33. The Morgan fingerprint density at radius 2 is 1.69 bits per heavy atom. The minimum Gasteiger partial charge on any atom is -0.351 e. The molecule has 1 aromatic heterocycles. The summed E-state index contributed by atoms with van der Waals surface area (Å²) in [7, 11) is 0. The first kappa shape index (κ1) is 17.6. The van der Waals surface area contributed by atoms with Crippen LogP contribution >= 0.6 is 0 Å². The number of nitrogens with zero attached hydrogens (tertiary/aromatic N) is 2. The van der Waals surface area contributed by atoms with Crippen LogP contribution in [0.4, 0.5) is 11.6 Å². The summed E-state index contributed by atoms with van der Waals surface area (Å²) in [5.74, 6) is 0.391. The van der Waals surface area contributed by atoms with Gasteiger partial charge in [0.05, 0.1) is 0 Å². The second-order valence-electron chi connectivity index (χ2n) is 6.71. The first-order chi connectivity index (χ1) is 12.5. The van der Waals surface area contributed by atoms with Crippen molar-refractivity contribution in [2.75, 3.05) is 11.9 Å². The molecule has 3 rings (SSSR count). The van der Waals surface area contributed by atoms with Crippen LogP contribution in [0.1, 0.15) is 29.8 Å². The van der Waals surface area contributed by atoms with E-state index in [0.29, 0.717) is 18.1 Å². The van der Waals surface area contributed by atoms with Crippen molar-refractivity contribution < 1.29 is 4.79 Å². The van der Waals surface area contributed by atoms with Gasteiger partial charge in [0.15, 0.2) is 0 Å². The third-order valence-corrected chi connectivity index (χ3v) is 4.19. The molecule has 2 aromatic carbocycles. The van der Waals surface area contributed by atoms with E-state index in [1.165, 1.54) is 5.56 Å². The number of hydrogen-bond acceptors (Lipinski definition) is 4. The monoisotopic (exact) mass is 346 g/mol. The summed E-state index contributed by atoms with van der Waals surface area (Å²) in [5, 5.41) is 6.13. The molecule has 0 aliphatic carbocycles. The molecule has 0 spiro atoms. The summed E-state index contributed by atoms with van der Waals surface area (Å²) < 4.78 is 0. The number of carbonyl (C=O) groups is 1. The Labute approximate surface area is 153 Å². The predicted octanol–water partition coefficient (Wildman–Crippen LogP) is 3.93. The van der Waals surface area contributed by atoms with E-state index >= 15 is 0 Å². The van der Waals surface area contributed by atoms with Crippen LogP contribution in [0.5, 0.6) is 0 Å². The van der Waals surface area contributed by atoms with E-state index in [-0.39, 0.29) is 11.3 Å². The zero-order valence-corrected chi connectivity index (χ0v) is 14.9. The van der Waals surface area contributed by atoms with Crippen molar-refractivity contribution in [3.05, 3.63) is 84.2 Å². The molecule has 26 heavy (non-hydrogen) atoms. The molecule has 0 radical (unpaired) electrons. The van der Waals surface area contributed by atoms with Crippen LogP contribution < -0.4 is 10.6 Å². The molecule has 0 bridgehead atoms. The standard InChI is InChI=1S/C21H22N4O/c1-21(2,17-9-4-3-5-10-17)15-24-19(26)16-8-6-11-18(14-16)25-20-22-12-7-13-23-20/h3-14H,15H2,1-2H3,(H,24,26)(H,22,23,25). The summed E-state index contributed by atoms with van der Waals surface area (Å²) in [5.41, 5.74) is 2.41. The van der Waals surface area contributed by atoms with E-state index in [1.807, 2.05) is 30.3 Å². The highest BCUT2D eigenvalue weighted by atomic mass is 16.1. The fourth-order valence-electron chi connectivity index (χ4n) is 2.63. The van der Waals surface area contributed by atoms with Crippen LogP contribution in [0, 0.1) is 0 Å². The van der Waals surface area contributed by atoms with E-state index in [0.717, 1.165) is 5.69 Å². The van der Waals surface area contributed by atoms with Gasteiger partial charge in [-0.2, -0.15) is 0 Å². The molecule has 1 amide bonds. The second kappa shape index (κ2) is 7.78. The van der Waals surface area contributed by atoms with Gasteiger partial charge < -0.3 is 10.6 Å². The molecule has 132 valence electrons. The first-order valence-electron chi connectivity index (χ1n) is 8.52. The number of benzene rings is 2. The molecular weight excluding hydrogens is 324 g/mol. The Balaban J connectivity index is 1.66. The lowest BCUT2D eigenvalue weighted by atomic mass is 9.84. The third kappa shape index (κ3) is 4.45. The minimum atomic E-state index is -0.148. The zero-order valence-electron chi connectivity index (χ0n) is 14.9. The largest absolute Gasteiger partial charge is 0.351 e. The lowest BCUT2D eigenvalue weighted by Gasteiger charge is -2.25. The van der Waals surface area contributed by atoms with Gasteiger partial charge in [0.25, 0.3) is 5.91 Å². The van der Waals surface area contributed by atoms with Crippen LogP contribution in [0.15, 0.2) is 73.1 Å². The van der Waals surface area contributed by atoms with Gasteiger partial charge in [-0.15, -0.1) is 0 Å². The average molecular weight is 346 g/mol. The fourth-order valence-corrected chi connectivity index (χ4v) is 2.63. The topological polar surface area (TPSA) is 66.9 Å². The van der Waals surface area contributed by atoms with E-state index in [4.69, 9.17) is 0 Å². The van der Waals surface area contributed by atoms with Crippen LogP contribution in [-0.2, 0) is 5.41 Å². The molecule has 0 unspecified atom stereocenters. The van der Waals surface area contributed by atoms with Crippen molar-refractivity contribution >= 4 is 17.5 Å². The highest BCUT2D eigenvalue weighted by Crippen LogP contribution is 2.22. The molecule has 0 aliphatic heterocycles. The Hall–Kier alpha value is -3.21. The van der Waals surface area contributed by atoms with Gasteiger partial charge in [0.1, 0.15) is 0 Å². The quantitative estimate of drug-likeness (QED) is 0.710. The summed E-state index contributed by atoms with van der Waals surface area (Å²) in [4.78, 5) is 20.8. The molecule has 0 fully saturated rings. The summed E-state index contributed by atoms with van der Waals surface area (Å²) >= 11 is 0.